The largest absolute Gasteiger partial charge is 0.497 e. The van der Waals surface area contributed by atoms with Crippen molar-refractivity contribution in [1.29, 1.82) is 0 Å². The minimum Gasteiger partial charge on any atom is -0.497 e. The van der Waals surface area contributed by atoms with Gasteiger partial charge < -0.3 is 9.47 Å². The molecule has 0 amide bonds. The van der Waals surface area contributed by atoms with Crippen molar-refractivity contribution in [3.05, 3.63) is 23.8 Å². The van der Waals surface area contributed by atoms with Gasteiger partial charge in [-0.1, -0.05) is 20.8 Å². The maximum atomic E-state index is 5.69. The molecule has 0 atom stereocenters. The van der Waals surface area contributed by atoms with Gasteiger partial charge in [-0.3, -0.25) is 0 Å². The van der Waals surface area contributed by atoms with Gasteiger partial charge in [-0.2, -0.15) is 0 Å². The molecule has 1 aromatic rings. The highest BCUT2D eigenvalue weighted by Crippen LogP contribution is 2.30. The third-order valence-electron chi connectivity index (χ3n) is 2.30. The molecule has 2 nitrogen and oxygen atoms in total. The average molecular weight is 208 g/mol. The second kappa shape index (κ2) is 5.64. The molecule has 0 N–H and O–H groups in total. The Labute approximate surface area is 92.2 Å². The number of rotatable bonds is 5. The molecule has 0 aliphatic rings. The molecule has 2 heteroatoms. The molecule has 0 saturated carbocycles. The van der Waals surface area contributed by atoms with Gasteiger partial charge in [0.15, 0.2) is 0 Å². The van der Waals surface area contributed by atoms with E-state index in [9.17, 15) is 0 Å². The van der Waals surface area contributed by atoms with Crippen molar-refractivity contribution in [1.82, 2.24) is 0 Å². The third kappa shape index (κ3) is 3.15. The molecular formula is C13H20O2. The van der Waals surface area contributed by atoms with E-state index in [0.29, 0.717) is 5.92 Å². The van der Waals surface area contributed by atoms with Crippen molar-refractivity contribution in [2.75, 3.05) is 13.7 Å². The summed E-state index contributed by atoms with van der Waals surface area (Å²) in [6.45, 7) is 7.20. The lowest BCUT2D eigenvalue weighted by atomic mass is 10.0. The minimum absolute atomic E-state index is 0.451. The number of ether oxygens (including phenoxy) is 2. The van der Waals surface area contributed by atoms with Gasteiger partial charge in [0.2, 0.25) is 0 Å². The molecule has 0 bridgehead atoms. The van der Waals surface area contributed by atoms with E-state index in [2.05, 4.69) is 26.8 Å². The smallest absolute Gasteiger partial charge is 0.123 e. The Morgan fingerprint density at radius 2 is 2.00 bits per heavy atom. The first kappa shape index (κ1) is 11.9. The Hall–Kier alpha value is -1.18. The summed E-state index contributed by atoms with van der Waals surface area (Å²) in [4.78, 5) is 0. The molecule has 0 unspecified atom stereocenters. The molecule has 0 aliphatic heterocycles. The molecule has 0 aromatic heterocycles. The first-order valence-corrected chi connectivity index (χ1v) is 5.49. The fraction of sp³-hybridized carbons (Fsp3) is 0.538. The van der Waals surface area contributed by atoms with E-state index < -0.39 is 0 Å². The van der Waals surface area contributed by atoms with Crippen molar-refractivity contribution < 1.29 is 9.47 Å². The van der Waals surface area contributed by atoms with E-state index >= 15 is 0 Å². The van der Waals surface area contributed by atoms with Crippen molar-refractivity contribution in [2.45, 2.75) is 33.1 Å². The predicted molar refractivity (Wildman–Crippen MR) is 62.9 cm³/mol. The standard InChI is InChI=1S/C13H20O2/c1-5-8-15-13-7-6-11(14-4)9-12(13)10(2)3/h6-7,9-10H,5,8H2,1-4H3. The normalized spacial score (nSPS) is 10.5. The zero-order valence-corrected chi connectivity index (χ0v) is 10.0. The van der Waals surface area contributed by atoms with Crippen molar-refractivity contribution in [3.8, 4) is 11.5 Å². The van der Waals surface area contributed by atoms with Crippen LogP contribution >= 0.6 is 0 Å². The summed E-state index contributed by atoms with van der Waals surface area (Å²) in [5.74, 6) is 2.32. The number of methoxy groups -OCH3 is 1. The lowest BCUT2D eigenvalue weighted by Gasteiger charge is -2.14. The van der Waals surface area contributed by atoms with Gasteiger partial charge >= 0.3 is 0 Å². The summed E-state index contributed by atoms with van der Waals surface area (Å²) >= 11 is 0. The highest BCUT2D eigenvalue weighted by molar-refractivity contribution is 5.42. The second-order valence-electron chi connectivity index (χ2n) is 3.91. The van der Waals surface area contributed by atoms with Crippen LogP contribution in [0.5, 0.6) is 11.5 Å². The monoisotopic (exact) mass is 208 g/mol. The van der Waals surface area contributed by atoms with E-state index in [-0.39, 0.29) is 0 Å². The van der Waals surface area contributed by atoms with Crippen LogP contribution in [0.3, 0.4) is 0 Å². The van der Waals surface area contributed by atoms with Gasteiger partial charge in [0.25, 0.3) is 0 Å². The van der Waals surface area contributed by atoms with Crippen LogP contribution in [0.2, 0.25) is 0 Å². The highest BCUT2D eigenvalue weighted by Gasteiger charge is 2.08. The van der Waals surface area contributed by atoms with E-state index in [0.717, 1.165) is 24.5 Å². The Morgan fingerprint density at radius 1 is 1.27 bits per heavy atom. The summed E-state index contributed by atoms with van der Waals surface area (Å²) in [7, 11) is 1.69. The molecule has 1 rings (SSSR count). The van der Waals surface area contributed by atoms with Crippen LogP contribution in [0.15, 0.2) is 18.2 Å². The molecule has 0 aliphatic carbocycles. The molecule has 0 saturated heterocycles. The molecule has 0 radical (unpaired) electrons. The minimum atomic E-state index is 0.451. The van der Waals surface area contributed by atoms with Gasteiger partial charge in [0, 0.05) is 5.56 Å². The number of benzene rings is 1. The predicted octanol–water partition coefficient (Wildman–Crippen LogP) is 3.61. The Bertz CT molecular complexity index is 305. The highest BCUT2D eigenvalue weighted by atomic mass is 16.5. The molecule has 15 heavy (non-hydrogen) atoms. The van der Waals surface area contributed by atoms with E-state index in [4.69, 9.17) is 9.47 Å². The topological polar surface area (TPSA) is 18.5 Å². The van der Waals surface area contributed by atoms with Crippen molar-refractivity contribution in [2.24, 2.45) is 0 Å². The maximum absolute atomic E-state index is 5.69. The van der Waals surface area contributed by atoms with Crippen LogP contribution in [0.4, 0.5) is 0 Å². The van der Waals surface area contributed by atoms with Gasteiger partial charge in [-0.25, -0.2) is 0 Å². The zero-order valence-electron chi connectivity index (χ0n) is 10.0. The van der Waals surface area contributed by atoms with Crippen LogP contribution in [0.25, 0.3) is 0 Å². The van der Waals surface area contributed by atoms with Crippen molar-refractivity contribution >= 4 is 0 Å². The second-order valence-corrected chi connectivity index (χ2v) is 3.91. The lowest BCUT2D eigenvalue weighted by Crippen LogP contribution is -2.00. The van der Waals surface area contributed by atoms with Crippen molar-refractivity contribution in [3.63, 3.8) is 0 Å². The molecule has 0 spiro atoms. The first-order chi connectivity index (χ1) is 7.19. The SMILES string of the molecule is CCCOc1ccc(OC)cc1C(C)C. The molecule has 84 valence electrons. The van der Waals surface area contributed by atoms with E-state index in [1.54, 1.807) is 7.11 Å². The number of hydrogen-bond acceptors (Lipinski definition) is 2. The summed E-state index contributed by atoms with van der Waals surface area (Å²) < 4.78 is 10.9. The van der Waals surface area contributed by atoms with Gasteiger partial charge in [-0.15, -0.1) is 0 Å². The fourth-order valence-corrected chi connectivity index (χ4v) is 1.45. The van der Waals surface area contributed by atoms with E-state index in [1.807, 2.05) is 12.1 Å². The van der Waals surface area contributed by atoms with Gasteiger partial charge in [0.1, 0.15) is 11.5 Å². The van der Waals surface area contributed by atoms with Crippen LogP contribution < -0.4 is 9.47 Å². The Balaban J connectivity index is 2.93. The maximum Gasteiger partial charge on any atom is 0.123 e. The van der Waals surface area contributed by atoms with Crippen LogP contribution in [0.1, 0.15) is 38.7 Å². The summed E-state index contributed by atoms with van der Waals surface area (Å²) in [5.41, 5.74) is 1.21. The summed E-state index contributed by atoms with van der Waals surface area (Å²) in [6, 6.07) is 5.98. The third-order valence-corrected chi connectivity index (χ3v) is 2.30. The van der Waals surface area contributed by atoms with Gasteiger partial charge in [0.05, 0.1) is 13.7 Å². The van der Waals surface area contributed by atoms with E-state index in [1.165, 1.54) is 5.56 Å². The molecular weight excluding hydrogens is 188 g/mol. The molecule has 0 fully saturated rings. The lowest BCUT2D eigenvalue weighted by molar-refractivity contribution is 0.312. The Kier molecular flexibility index (Phi) is 4.47. The Morgan fingerprint density at radius 3 is 2.53 bits per heavy atom. The first-order valence-electron chi connectivity index (χ1n) is 5.49. The molecule has 1 aromatic carbocycles. The fourth-order valence-electron chi connectivity index (χ4n) is 1.45. The number of hydrogen-bond donors (Lipinski definition) is 0. The van der Waals surface area contributed by atoms with Crippen LogP contribution in [-0.2, 0) is 0 Å². The zero-order chi connectivity index (χ0) is 11.3. The molecule has 0 heterocycles. The average Bonchev–Trinajstić information content (AvgIpc) is 2.26. The van der Waals surface area contributed by atoms with Crippen LogP contribution in [0, 0.1) is 0 Å². The van der Waals surface area contributed by atoms with Crippen LogP contribution in [-0.4, -0.2) is 13.7 Å². The van der Waals surface area contributed by atoms with Gasteiger partial charge in [-0.05, 0) is 30.5 Å². The quantitative estimate of drug-likeness (QED) is 0.736. The summed E-state index contributed by atoms with van der Waals surface area (Å²) in [5, 5.41) is 0. The summed E-state index contributed by atoms with van der Waals surface area (Å²) in [6.07, 6.45) is 1.03.